The molecule has 0 amide bonds. The fourth-order valence-corrected chi connectivity index (χ4v) is 0. The van der Waals surface area contributed by atoms with Gasteiger partial charge in [-0.05, 0) is 0 Å². The Bertz CT molecular complexity index is 8.00. The third-order valence-corrected chi connectivity index (χ3v) is 0. The van der Waals surface area contributed by atoms with Crippen LogP contribution in [-0.4, -0.2) is 45.5 Å². The van der Waals surface area contributed by atoms with E-state index >= 15 is 0 Å². The normalized spacial score (nSPS) is 0. The Hall–Kier alpha value is 2.90. The van der Waals surface area contributed by atoms with Gasteiger partial charge in [-0.1, -0.05) is 0 Å². The van der Waals surface area contributed by atoms with E-state index in [1.807, 2.05) is 0 Å². The predicted octanol–water partition coefficient (Wildman–Crippen LogP) is -0.505. The van der Waals surface area contributed by atoms with Crippen molar-refractivity contribution in [3.05, 3.63) is 0 Å². The third kappa shape index (κ3) is 8.86. The molecule has 1 nitrogen and oxygen atoms in total. The standard InChI is InChI=1S/Nb.O.Sr.Ti/q+5;-2;+2;+4. The molecule has 0 saturated carbocycles. The van der Waals surface area contributed by atoms with Gasteiger partial charge in [0, 0.05) is 0 Å². The summed E-state index contributed by atoms with van der Waals surface area (Å²) in [7, 11) is 0. The van der Waals surface area contributed by atoms with Crippen molar-refractivity contribution in [1.29, 1.82) is 0 Å². The van der Waals surface area contributed by atoms with E-state index in [-0.39, 0.29) is 95.1 Å². The zero-order valence-electron chi connectivity index (χ0n) is 2.06. The van der Waals surface area contributed by atoms with Gasteiger partial charge in [0.05, 0.1) is 0 Å². The summed E-state index contributed by atoms with van der Waals surface area (Å²) in [6.07, 6.45) is 0. The molecule has 0 aliphatic rings. The molecule has 0 aliphatic heterocycles. The van der Waals surface area contributed by atoms with Crippen molar-refractivity contribution in [2.24, 2.45) is 0 Å². The maximum Gasteiger partial charge on any atom is 5.00 e. The average molecular weight is 244 g/mol. The van der Waals surface area contributed by atoms with Gasteiger partial charge in [-0.25, -0.2) is 0 Å². The van der Waals surface area contributed by atoms with Gasteiger partial charge in [0.15, 0.2) is 0 Å². The zero-order chi connectivity index (χ0) is 0. The molecule has 0 aromatic carbocycles. The Labute approximate surface area is 92.9 Å². The van der Waals surface area contributed by atoms with E-state index in [0.29, 0.717) is 0 Å². The summed E-state index contributed by atoms with van der Waals surface area (Å²) in [6.45, 7) is 0. The molecule has 0 N–H and O–H groups in total. The van der Waals surface area contributed by atoms with Crippen molar-refractivity contribution in [2.75, 3.05) is 0 Å². The molecule has 0 spiro atoms. The maximum atomic E-state index is 0. The molecule has 0 heterocycles. The van der Waals surface area contributed by atoms with Gasteiger partial charge in [-0.15, -0.1) is 0 Å². The van der Waals surface area contributed by atoms with Crippen molar-refractivity contribution in [1.82, 2.24) is 0 Å². The van der Waals surface area contributed by atoms with Crippen LogP contribution < -0.4 is 0 Å². The van der Waals surface area contributed by atoms with Crippen molar-refractivity contribution >= 4 is 45.5 Å². The van der Waals surface area contributed by atoms with Crippen LogP contribution in [-0.2, 0) is 49.6 Å². The molecule has 0 rings (SSSR count). The monoisotopic (exact) mass is 245 g/mol. The van der Waals surface area contributed by atoms with E-state index in [1.54, 1.807) is 0 Å². The van der Waals surface area contributed by atoms with Gasteiger partial charge in [0.25, 0.3) is 0 Å². The first-order valence-corrected chi connectivity index (χ1v) is 0. The fraction of sp³-hybridized carbons (Fsp3) is 0. The maximum absolute atomic E-state index is 0. The fourth-order valence-electron chi connectivity index (χ4n) is 0. The summed E-state index contributed by atoms with van der Waals surface area (Å²) >= 11 is 0. The van der Waals surface area contributed by atoms with Crippen LogP contribution in [0.5, 0.6) is 0 Å². The van der Waals surface area contributed by atoms with Crippen molar-refractivity contribution in [3.8, 4) is 0 Å². The van der Waals surface area contributed by atoms with E-state index in [1.165, 1.54) is 0 Å². The summed E-state index contributed by atoms with van der Waals surface area (Å²) in [6, 6.07) is 0. The molecule has 0 radical (unpaired) electrons. The second-order valence-electron chi connectivity index (χ2n) is 0. The van der Waals surface area contributed by atoms with E-state index in [4.69, 9.17) is 0 Å². The second-order valence-corrected chi connectivity index (χ2v) is 0. The smallest absolute Gasteiger partial charge is 2.00 e. The number of hydrogen-bond acceptors (Lipinski definition) is 0. The quantitative estimate of drug-likeness (QED) is 0.514. The Kier molecular flexibility index (Phi) is 120. The molecular weight excluding hydrogens is 244 g/mol. The molecule has 0 fully saturated rings. The van der Waals surface area contributed by atoms with Crippen LogP contribution in [0.15, 0.2) is 0 Å². The van der Waals surface area contributed by atoms with Crippen molar-refractivity contribution in [2.45, 2.75) is 0 Å². The van der Waals surface area contributed by atoms with Gasteiger partial charge in [-0.2, -0.15) is 0 Å². The minimum atomic E-state index is 0. The van der Waals surface area contributed by atoms with E-state index in [2.05, 4.69) is 0 Å². The number of hydrogen-bond donors (Lipinski definition) is 0. The van der Waals surface area contributed by atoms with Gasteiger partial charge in [-0.3, -0.25) is 0 Å². The molecule has 0 unspecified atom stereocenters. The van der Waals surface area contributed by atoms with Gasteiger partial charge < -0.3 is 5.48 Å². The summed E-state index contributed by atoms with van der Waals surface area (Å²) in [5.74, 6) is 0. The minimum Gasteiger partial charge on any atom is -2.00 e. The van der Waals surface area contributed by atoms with Crippen LogP contribution in [0.25, 0.3) is 0 Å². The molecule has 0 aromatic rings. The first-order chi connectivity index (χ1) is 0. The van der Waals surface area contributed by atoms with Crippen molar-refractivity contribution < 1.29 is 49.6 Å². The molecular formula is NbOSrTi+9. The molecule has 0 bridgehead atoms. The summed E-state index contributed by atoms with van der Waals surface area (Å²) in [5.41, 5.74) is 0. The molecule has 8 valence electrons. The largest absolute Gasteiger partial charge is 5.00 e. The second kappa shape index (κ2) is 16.9. The van der Waals surface area contributed by atoms with Crippen LogP contribution in [0.1, 0.15) is 0 Å². The average Bonchev–Trinajstić information content (AvgIpc) is 0. The van der Waals surface area contributed by atoms with Gasteiger partial charge in [0.2, 0.25) is 0 Å². The predicted molar refractivity (Wildman–Crippen MR) is 6.44 cm³/mol. The van der Waals surface area contributed by atoms with E-state index < -0.39 is 0 Å². The van der Waals surface area contributed by atoms with Crippen LogP contribution in [0.4, 0.5) is 0 Å². The zero-order valence-corrected chi connectivity index (χ0v) is 9.30. The van der Waals surface area contributed by atoms with E-state index in [0.717, 1.165) is 0 Å². The molecule has 0 aromatic heterocycles. The Morgan fingerprint density at radius 1 is 1.00 bits per heavy atom. The van der Waals surface area contributed by atoms with E-state index in [9.17, 15) is 0 Å². The summed E-state index contributed by atoms with van der Waals surface area (Å²) < 4.78 is 0. The third-order valence-electron chi connectivity index (χ3n) is 0. The van der Waals surface area contributed by atoms with Crippen LogP contribution >= 0.6 is 0 Å². The minimum absolute atomic E-state index is 0. The van der Waals surface area contributed by atoms with Crippen molar-refractivity contribution in [3.63, 3.8) is 0 Å². The molecule has 0 saturated heterocycles. The Morgan fingerprint density at radius 3 is 1.00 bits per heavy atom. The van der Waals surface area contributed by atoms with Crippen LogP contribution in [0.2, 0.25) is 0 Å². The number of rotatable bonds is 0. The SMILES string of the molecule is [Nb+5].[O-2].[Sr+2].[Ti+4]. The molecule has 4 heteroatoms. The molecule has 4 heavy (non-hydrogen) atoms. The Morgan fingerprint density at radius 2 is 1.00 bits per heavy atom. The Balaban J connectivity index is 0. The molecule has 0 atom stereocenters. The summed E-state index contributed by atoms with van der Waals surface area (Å²) in [4.78, 5) is 0. The van der Waals surface area contributed by atoms with Gasteiger partial charge >= 0.3 is 89.6 Å². The first-order valence-electron chi connectivity index (χ1n) is 0. The van der Waals surface area contributed by atoms with Gasteiger partial charge in [0.1, 0.15) is 0 Å². The van der Waals surface area contributed by atoms with Crippen LogP contribution in [0, 0.1) is 0 Å². The summed E-state index contributed by atoms with van der Waals surface area (Å²) in [5, 5.41) is 0. The van der Waals surface area contributed by atoms with Crippen LogP contribution in [0.3, 0.4) is 0 Å². The first kappa shape index (κ1) is 28.6. The topological polar surface area (TPSA) is 28.5 Å². The molecule has 0 aliphatic carbocycles.